The molecule has 0 spiro atoms. The lowest BCUT2D eigenvalue weighted by Crippen LogP contribution is -1.95. The number of carboxylic acids is 2. The Hall–Kier alpha value is -4.24. The lowest BCUT2D eigenvalue weighted by molar-refractivity contribution is -0.134. The second-order valence-electron chi connectivity index (χ2n) is 6.01. The molecule has 9 nitrogen and oxygen atoms in total. The molecule has 4 N–H and O–H groups in total. The van der Waals surface area contributed by atoms with E-state index in [4.69, 9.17) is 20.4 Å². The minimum atomic E-state index is -1.26. The number of nitrogens with zero attached hydrogens (tertiary/aromatic N) is 3. The molecule has 0 aliphatic heterocycles. The predicted octanol–water partition coefficient (Wildman–Crippen LogP) is 2.85. The van der Waals surface area contributed by atoms with Crippen LogP contribution in [0.25, 0.3) is 28.2 Å². The molecule has 0 radical (unpaired) electrons. The van der Waals surface area contributed by atoms with Crippen molar-refractivity contribution in [3.05, 3.63) is 79.0 Å². The van der Waals surface area contributed by atoms with Crippen LogP contribution in [0, 0.1) is 0 Å². The van der Waals surface area contributed by atoms with Crippen LogP contribution in [-0.2, 0) is 16.1 Å². The zero-order valence-electron chi connectivity index (χ0n) is 15.7. The van der Waals surface area contributed by atoms with Crippen LogP contribution < -0.4 is 5.73 Å². The van der Waals surface area contributed by atoms with E-state index in [0.717, 1.165) is 28.0 Å². The normalized spacial score (nSPS) is 10.7. The first-order valence-electron chi connectivity index (χ1n) is 8.79. The number of imidazole rings is 1. The molecule has 0 unspecified atom stereocenters. The fourth-order valence-corrected chi connectivity index (χ4v) is 2.61. The number of fused-ring (bicyclic) bond motifs is 1. The zero-order chi connectivity index (χ0) is 21.5. The van der Waals surface area contributed by atoms with Crippen LogP contribution in [-0.4, -0.2) is 36.7 Å². The van der Waals surface area contributed by atoms with E-state index in [9.17, 15) is 9.59 Å². The van der Waals surface area contributed by atoms with Gasteiger partial charge in [-0.3, -0.25) is 4.57 Å². The summed E-state index contributed by atoms with van der Waals surface area (Å²) in [4.78, 5) is 27.8. The molecule has 4 aromatic rings. The van der Waals surface area contributed by atoms with Crippen LogP contribution in [0.15, 0.2) is 77.7 Å². The number of rotatable bonds is 5. The molecular weight excluding hydrogens is 388 g/mol. The largest absolute Gasteiger partial charge is 0.478 e. The van der Waals surface area contributed by atoms with Gasteiger partial charge in [0.2, 0.25) is 5.89 Å². The van der Waals surface area contributed by atoms with E-state index in [2.05, 4.69) is 20.6 Å². The van der Waals surface area contributed by atoms with E-state index in [1.165, 1.54) is 0 Å². The Bertz CT molecular complexity index is 1180. The molecule has 0 bridgehead atoms. The standard InChI is InChI=1S/C17H14N4O.C4H4O4/c18-9-13-10-22-17(20-13)12-5-7-14(8-6-12)21-11-19-15-3-1-2-4-16(15)21;5-3(6)1-2-4(7)8/h1-8,10-11H,9,18H2;1-2H,(H,5,6)(H,7,8)/b;2-1+. The van der Waals surface area contributed by atoms with E-state index in [0.29, 0.717) is 24.6 Å². The summed E-state index contributed by atoms with van der Waals surface area (Å²) in [6, 6.07) is 16.1. The van der Waals surface area contributed by atoms with E-state index >= 15 is 0 Å². The van der Waals surface area contributed by atoms with Gasteiger partial charge in [0.1, 0.15) is 12.6 Å². The quantitative estimate of drug-likeness (QED) is 0.429. The number of carbonyl (C=O) groups is 2. The van der Waals surface area contributed by atoms with Gasteiger partial charge in [0.25, 0.3) is 0 Å². The Balaban J connectivity index is 0.000000275. The minimum Gasteiger partial charge on any atom is -0.478 e. The number of para-hydroxylation sites is 2. The number of oxazole rings is 1. The second kappa shape index (κ2) is 9.30. The number of aliphatic carboxylic acids is 2. The van der Waals surface area contributed by atoms with Gasteiger partial charge in [-0.05, 0) is 36.4 Å². The summed E-state index contributed by atoms with van der Waals surface area (Å²) in [5.41, 5.74) is 10.3. The molecule has 0 atom stereocenters. The van der Waals surface area contributed by atoms with E-state index in [1.54, 1.807) is 6.26 Å². The molecule has 152 valence electrons. The number of nitrogens with two attached hydrogens (primary N) is 1. The SMILES string of the molecule is NCc1coc(-c2ccc(-n3cnc4ccccc43)cc2)n1.O=C(O)/C=C/C(=O)O. The molecule has 0 saturated carbocycles. The van der Waals surface area contributed by atoms with Gasteiger partial charge in [0, 0.05) is 29.9 Å². The van der Waals surface area contributed by atoms with Gasteiger partial charge >= 0.3 is 11.9 Å². The summed E-state index contributed by atoms with van der Waals surface area (Å²) in [5, 5.41) is 15.6. The summed E-state index contributed by atoms with van der Waals surface area (Å²) < 4.78 is 7.49. The van der Waals surface area contributed by atoms with Crippen molar-refractivity contribution < 1.29 is 24.2 Å². The van der Waals surface area contributed by atoms with Gasteiger partial charge in [0.15, 0.2) is 0 Å². The van der Waals surface area contributed by atoms with Gasteiger partial charge in [-0.2, -0.15) is 0 Å². The fourth-order valence-electron chi connectivity index (χ4n) is 2.61. The number of carboxylic acid groups (broad SMARTS) is 2. The van der Waals surface area contributed by atoms with Crippen molar-refractivity contribution in [3.63, 3.8) is 0 Å². The summed E-state index contributed by atoms with van der Waals surface area (Å²) in [7, 11) is 0. The summed E-state index contributed by atoms with van der Waals surface area (Å²) in [5.74, 6) is -1.93. The third kappa shape index (κ3) is 4.97. The molecule has 0 aliphatic rings. The summed E-state index contributed by atoms with van der Waals surface area (Å²) in [6.07, 6.45) is 4.54. The highest BCUT2D eigenvalue weighted by Gasteiger charge is 2.07. The van der Waals surface area contributed by atoms with Gasteiger partial charge < -0.3 is 20.4 Å². The van der Waals surface area contributed by atoms with Crippen LogP contribution in [0.4, 0.5) is 0 Å². The van der Waals surface area contributed by atoms with Crippen molar-refractivity contribution in [2.45, 2.75) is 6.54 Å². The molecule has 0 aliphatic carbocycles. The number of aromatic nitrogens is 3. The van der Waals surface area contributed by atoms with E-state index < -0.39 is 11.9 Å². The highest BCUT2D eigenvalue weighted by molar-refractivity contribution is 5.89. The molecule has 30 heavy (non-hydrogen) atoms. The van der Waals surface area contributed by atoms with Gasteiger partial charge in [-0.25, -0.2) is 19.6 Å². The first kappa shape index (κ1) is 20.5. The van der Waals surface area contributed by atoms with E-state index in [1.807, 2.05) is 48.8 Å². The Morgan fingerprint density at radius 2 is 1.70 bits per heavy atom. The number of benzene rings is 2. The van der Waals surface area contributed by atoms with Crippen LogP contribution in [0.2, 0.25) is 0 Å². The lowest BCUT2D eigenvalue weighted by Gasteiger charge is -2.04. The van der Waals surface area contributed by atoms with Gasteiger partial charge in [-0.1, -0.05) is 12.1 Å². The molecular formula is C21H18N4O5. The average Bonchev–Trinajstić information content (AvgIpc) is 3.40. The molecule has 4 rings (SSSR count). The Morgan fingerprint density at radius 1 is 1.03 bits per heavy atom. The Kier molecular flexibility index (Phi) is 6.36. The average molecular weight is 406 g/mol. The summed E-state index contributed by atoms with van der Waals surface area (Å²) >= 11 is 0. The molecule has 2 heterocycles. The second-order valence-corrected chi connectivity index (χ2v) is 6.01. The van der Waals surface area contributed by atoms with Gasteiger partial charge in [-0.15, -0.1) is 0 Å². The highest BCUT2D eigenvalue weighted by atomic mass is 16.4. The predicted molar refractivity (Wildman–Crippen MR) is 109 cm³/mol. The first-order valence-corrected chi connectivity index (χ1v) is 8.79. The minimum absolute atomic E-state index is 0.378. The number of hydrogen-bond donors (Lipinski definition) is 3. The third-order valence-electron chi connectivity index (χ3n) is 3.98. The van der Waals surface area contributed by atoms with Gasteiger partial charge in [0.05, 0.1) is 16.7 Å². The molecule has 2 aromatic carbocycles. The molecule has 0 saturated heterocycles. The van der Waals surface area contributed by atoms with Crippen molar-refractivity contribution in [2.24, 2.45) is 5.73 Å². The molecule has 9 heteroatoms. The third-order valence-corrected chi connectivity index (χ3v) is 3.98. The molecule has 2 aromatic heterocycles. The Labute approximate surface area is 170 Å². The summed E-state index contributed by atoms with van der Waals surface area (Å²) in [6.45, 7) is 0.378. The topological polar surface area (TPSA) is 144 Å². The maximum absolute atomic E-state index is 9.55. The fraction of sp³-hybridized carbons (Fsp3) is 0.0476. The first-order chi connectivity index (χ1) is 14.5. The monoisotopic (exact) mass is 406 g/mol. The molecule has 0 amide bonds. The highest BCUT2D eigenvalue weighted by Crippen LogP contribution is 2.22. The lowest BCUT2D eigenvalue weighted by atomic mass is 10.2. The maximum atomic E-state index is 9.55. The van der Waals surface area contributed by atoms with Crippen LogP contribution in [0.1, 0.15) is 5.69 Å². The van der Waals surface area contributed by atoms with Crippen LogP contribution in [0.5, 0.6) is 0 Å². The smallest absolute Gasteiger partial charge is 0.328 e. The van der Waals surface area contributed by atoms with Crippen molar-refractivity contribution in [1.29, 1.82) is 0 Å². The van der Waals surface area contributed by atoms with Crippen molar-refractivity contribution >= 4 is 23.0 Å². The van der Waals surface area contributed by atoms with Crippen molar-refractivity contribution in [2.75, 3.05) is 0 Å². The van der Waals surface area contributed by atoms with Crippen LogP contribution in [0.3, 0.4) is 0 Å². The van der Waals surface area contributed by atoms with Crippen molar-refractivity contribution in [1.82, 2.24) is 14.5 Å². The maximum Gasteiger partial charge on any atom is 0.328 e. The number of hydrogen-bond acceptors (Lipinski definition) is 6. The van der Waals surface area contributed by atoms with Crippen molar-refractivity contribution in [3.8, 4) is 17.1 Å². The molecule has 0 fully saturated rings. The zero-order valence-corrected chi connectivity index (χ0v) is 15.7. The van der Waals surface area contributed by atoms with E-state index in [-0.39, 0.29) is 0 Å². The Morgan fingerprint density at radius 3 is 2.30 bits per heavy atom. The van der Waals surface area contributed by atoms with Crippen LogP contribution >= 0.6 is 0 Å².